The lowest BCUT2D eigenvalue weighted by Gasteiger charge is -2.36. The largest absolute Gasteiger partial charge is 0.372 e. The molecule has 2 heterocycles. The molecule has 2 unspecified atom stereocenters. The first kappa shape index (κ1) is 11.9. The van der Waals surface area contributed by atoms with E-state index in [1.165, 1.54) is 5.56 Å². The van der Waals surface area contributed by atoms with Crippen molar-refractivity contribution in [3.05, 3.63) is 23.9 Å². The zero-order valence-electron chi connectivity index (χ0n) is 9.69. The number of rotatable bonds is 2. The lowest BCUT2D eigenvalue weighted by molar-refractivity contribution is -0.00545. The first-order valence-corrected chi connectivity index (χ1v) is 6.72. The Morgan fingerprint density at radius 2 is 2.06 bits per heavy atom. The summed E-state index contributed by atoms with van der Waals surface area (Å²) in [4.78, 5) is 6.77. The van der Waals surface area contributed by atoms with Crippen LogP contribution in [0.3, 0.4) is 0 Å². The quantitative estimate of drug-likeness (QED) is 0.781. The Kier molecular flexibility index (Phi) is 3.82. The van der Waals surface area contributed by atoms with Crippen LogP contribution in [0.15, 0.2) is 18.3 Å². The van der Waals surface area contributed by atoms with E-state index in [1.807, 2.05) is 6.20 Å². The molecule has 0 saturated carbocycles. The van der Waals surface area contributed by atoms with Gasteiger partial charge >= 0.3 is 0 Å². The molecule has 88 valence electrons. The summed E-state index contributed by atoms with van der Waals surface area (Å²) in [6.45, 7) is 6.06. The molecule has 3 nitrogen and oxygen atoms in total. The van der Waals surface area contributed by atoms with Gasteiger partial charge in [-0.2, -0.15) is 0 Å². The van der Waals surface area contributed by atoms with E-state index in [4.69, 9.17) is 4.74 Å². The lowest BCUT2D eigenvalue weighted by Crippen LogP contribution is -2.45. The van der Waals surface area contributed by atoms with Crippen molar-refractivity contribution in [2.24, 2.45) is 0 Å². The van der Waals surface area contributed by atoms with Crippen LogP contribution in [0.2, 0.25) is 0 Å². The van der Waals surface area contributed by atoms with E-state index in [2.05, 4.69) is 51.8 Å². The van der Waals surface area contributed by atoms with Crippen LogP contribution in [0.5, 0.6) is 0 Å². The summed E-state index contributed by atoms with van der Waals surface area (Å²) in [7, 11) is 0. The van der Waals surface area contributed by atoms with Gasteiger partial charge in [0.05, 0.1) is 12.2 Å². The predicted molar refractivity (Wildman–Crippen MR) is 69.1 cm³/mol. The lowest BCUT2D eigenvalue weighted by atomic mass is 10.2. The number of aromatic nitrogens is 1. The number of anilines is 1. The van der Waals surface area contributed by atoms with Gasteiger partial charge in [0.25, 0.3) is 0 Å². The minimum Gasteiger partial charge on any atom is -0.372 e. The van der Waals surface area contributed by atoms with Crippen molar-refractivity contribution in [1.82, 2.24) is 4.98 Å². The molecule has 0 aliphatic carbocycles. The van der Waals surface area contributed by atoms with Crippen molar-refractivity contribution in [3.63, 3.8) is 0 Å². The van der Waals surface area contributed by atoms with Crippen LogP contribution in [0.1, 0.15) is 19.4 Å². The summed E-state index contributed by atoms with van der Waals surface area (Å²) >= 11 is 3.42. The van der Waals surface area contributed by atoms with Gasteiger partial charge in [0.2, 0.25) is 0 Å². The van der Waals surface area contributed by atoms with Gasteiger partial charge in [-0.05, 0) is 25.5 Å². The van der Waals surface area contributed by atoms with Crippen LogP contribution < -0.4 is 4.90 Å². The van der Waals surface area contributed by atoms with Crippen LogP contribution in [-0.4, -0.2) is 30.3 Å². The van der Waals surface area contributed by atoms with Gasteiger partial charge in [-0.3, -0.25) is 0 Å². The van der Waals surface area contributed by atoms with Crippen LogP contribution in [0, 0.1) is 0 Å². The SMILES string of the molecule is CC1CN(c2ccc(CBr)cn2)CC(C)O1. The molecule has 1 aromatic heterocycles. The molecular formula is C12H17BrN2O. The number of nitrogens with zero attached hydrogens (tertiary/aromatic N) is 2. The number of morpholine rings is 1. The molecular weight excluding hydrogens is 268 g/mol. The van der Waals surface area contributed by atoms with Gasteiger partial charge in [-0.15, -0.1) is 0 Å². The number of hydrogen-bond acceptors (Lipinski definition) is 3. The summed E-state index contributed by atoms with van der Waals surface area (Å²) in [5, 5.41) is 0.857. The van der Waals surface area contributed by atoms with Crippen molar-refractivity contribution in [1.29, 1.82) is 0 Å². The summed E-state index contributed by atoms with van der Waals surface area (Å²) in [5.74, 6) is 1.05. The maximum atomic E-state index is 5.71. The van der Waals surface area contributed by atoms with Gasteiger partial charge in [0, 0.05) is 24.6 Å². The molecule has 0 spiro atoms. The Morgan fingerprint density at radius 1 is 1.38 bits per heavy atom. The fraction of sp³-hybridized carbons (Fsp3) is 0.583. The number of hydrogen-bond donors (Lipinski definition) is 0. The summed E-state index contributed by atoms with van der Waals surface area (Å²) in [6.07, 6.45) is 2.48. The second-order valence-electron chi connectivity index (χ2n) is 4.32. The van der Waals surface area contributed by atoms with E-state index >= 15 is 0 Å². The molecule has 0 aromatic carbocycles. The summed E-state index contributed by atoms with van der Waals surface area (Å²) in [6, 6.07) is 4.20. The monoisotopic (exact) mass is 284 g/mol. The van der Waals surface area contributed by atoms with E-state index in [-0.39, 0.29) is 12.2 Å². The molecule has 0 bridgehead atoms. The summed E-state index contributed by atoms with van der Waals surface area (Å²) < 4.78 is 5.71. The highest BCUT2D eigenvalue weighted by Gasteiger charge is 2.22. The number of pyridine rings is 1. The minimum absolute atomic E-state index is 0.279. The summed E-state index contributed by atoms with van der Waals surface area (Å²) in [5.41, 5.74) is 1.21. The molecule has 4 heteroatoms. The first-order chi connectivity index (χ1) is 7.69. The van der Waals surface area contributed by atoms with E-state index in [1.54, 1.807) is 0 Å². The molecule has 0 radical (unpaired) electrons. The fourth-order valence-electron chi connectivity index (χ4n) is 2.05. The van der Waals surface area contributed by atoms with Crippen molar-refractivity contribution < 1.29 is 4.74 Å². The van der Waals surface area contributed by atoms with Gasteiger partial charge in [0.1, 0.15) is 5.82 Å². The maximum absolute atomic E-state index is 5.71. The Hall–Kier alpha value is -0.610. The molecule has 1 aliphatic heterocycles. The highest BCUT2D eigenvalue weighted by atomic mass is 79.9. The molecule has 1 aliphatic rings. The highest BCUT2D eigenvalue weighted by molar-refractivity contribution is 9.08. The second-order valence-corrected chi connectivity index (χ2v) is 4.88. The maximum Gasteiger partial charge on any atom is 0.128 e. The van der Waals surface area contributed by atoms with Crippen LogP contribution >= 0.6 is 15.9 Å². The minimum atomic E-state index is 0.279. The first-order valence-electron chi connectivity index (χ1n) is 5.60. The van der Waals surface area contributed by atoms with E-state index in [0.717, 1.165) is 24.2 Å². The number of halogens is 1. The Morgan fingerprint density at radius 3 is 2.56 bits per heavy atom. The molecule has 2 atom stereocenters. The van der Waals surface area contributed by atoms with Crippen LogP contribution in [-0.2, 0) is 10.1 Å². The van der Waals surface area contributed by atoms with Crippen molar-refractivity contribution in [2.75, 3.05) is 18.0 Å². The van der Waals surface area contributed by atoms with Crippen molar-refractivity contribution in [2.45, 2.75) is 31.4 Å². The topological polar surface area (TPSA) is 25.4 Å². The Labute approximate surface area is 105 Å². The molecule has 2 rings (SSSR count). The molecule has 1 fully saturated rings. The Balaban J connectivity index is 2.10. The average Bonchev–Trinajstić information content (AvgIpc) is 2.28. The normalized spacial score (nSPS) is 25.8. The second kappa shape index (κ2) is 5.15. The third-order valence-corrected chi connectivity index (χ3v) is 3.35. The molecule has 16 heavy (non-hydrogen) atoms. The van der Waals surface area contributed by atoms with Crippen LogP contribution in [0.4, 0.5) is 5.82 Å². The van der Waals surface area contributed by atoms with E-state index in [9.17, 15) is 0 Å². The van der Waals surface area contributed by atoms with Gasteiger partial charge in [-0.25, -0.2) is 4.98 Å². The molecule has 0 amide bonds. The zero-order valence-corrected chi connectivity index (χ0v) is 11.3. The third-order valence-electron chi connectivity index (χ3n) is 2.71. The zero-order chi connectivity index (χ0) is 11.5. The van der Waals surface area contributed by atoms with Crippen molar-refractivity contribution in [3.8, 4) is 0 Å². The van der Waals surface area contributed by atoms with E-state index in [0.29, 0.717) is 0 Å². The van der Waals surface area contributed by atoms with E-state index < -0.39 is 0 Å². The smallest absolute Gasteiger partial charge is 0.128 e. The van der Waals surface area contributed by atoms with Gasteiger partial charge < -0.3 is 9.64 Å². The predicted octanol–water partition coefficient (Wildman–Crippen LogP) is 2.59. The number of alkyl halides is 1. The van der Waals surface area contributed by atoms with Crippen LogP contribution in [0.25, 0.3) is 0 Å². The van der Waals surface area contributed by atoms with Crippen molar-refractivity contribution >= 4 is 21.7 Å². The molecule has 1 saturated heterocycles. The van der Waals surface area contributed by atoms with Gasteiger partial charge in [-0.1, -0.05) is 22.0 Å². The van der Waals surface area contributed by atoms with Gasteiger partial charge in [0.15, 0.2) is 0 Å². The average molecular weight is 285 g/mol. The standard InChI is InChI=1S/C12H17BrN2O/c1-9-7-15(8-10(2)16-9)12-4-3-11(5-13)6-14-12/h3-4,6,9-10H,5,7-8H2,1-2H3. The highest BCUT2D eigenvalue weighted by Crippen LogP contribution is 2.18. The fourth-order valence-corrected chi connectivity index (χ4v) is 2.38. The third kappa shape index (κ3) is 2.74. The molecule has 1 aromatic rings. The Bertz CT molecular complexity index is 331. The molecule has 0 N–H and O–H groups in total. The number of ether oxygens (including phenoxy) is 1.